The number of aryl methyl sites for hydroxylation is 1. The summed E-state index contributed by atoms with van der Waals surface area (Å²) in [6.07, 6.45) is -4.59. The Morgan fingerprint density at radius 3 is 2.41 bits per heavy atom. The van der Waals surface area contributed by atoms with Crippen LogP contribution < -0.4 is 5.32 Å². The van der Waals surface area contributed by atoms with Gasteiger partial charge in [-0.15, -0.1) is 0 Å². The molecule has 0 aliphatic rings. The Hall–Kier alpha value is -2.57. The number of imidazole rings is 1. The highest BCUT2D eigenvalue weighted by Crippen LogP contribution is 2.35. The van der Waals surface area contributed by atoms with Gasteiger partial charge in [-0.1, -0.05) is 37.7 Å². The van der Waals surface area contributed by atoms with Gasteiger partial charge < -0.3 is 9.88 Å². The van der Waals surface area contributed by atoms with Crippen LogP contribution in [-0.2, 0) is 27.5 Å². The Kier molecular flexibility index (Phi) is 7.94. The Morgan fingerprint density at radius 2 is 1.79 bits per heavy atom. The first kappa shape index (κ1) is 26.0. The Labute approximate surface area is 200 Å². The molecule has 1 heterocycles. The van der Waals surface area contributed by atoms with Crippen molar-refractivity contribution < 1.29 is 26.4 Å². The third-order valence-corrected chi connectivity index (χ3v) is 8.21. The monoisotopic (exact) mass is 514 g/mol. The maximum atomic E-state index is 13.2. The number of alkyl halides is 3. The van der Waals surface area contributed by atoms with E-state index in [1.54, 1.807) is 19.9 Å². The molecule has 7 nitrogen and oxygen atoms in total. The fraction of sp³-hybridized carbons (Fsp3) is 0.364. The van der Waals surface area contributed by atoms with Crippen molar-refractivity contribution in [1.82, 2.24) is 13.9 Å². The summed E-state index contributed by atoms with van der Waals surface area (Å²) in [6, 6.07) is 9.47. The summed E-state index contributed by atoms with van der Waals surface area (Å²) in [5.74, 6) is -0.777. The lowest BCUT2D eigenvalue weighted by atomic mass is 10.1. The number of anilines is 1. The van der Waals surface area contributed by atoms with Crippen molar-refractivity contribution in [2.24, 2.45) is 0 Å². The van der Waals surface area contributed by atoms with Crippen molar-refractivity contribution in [1.29, 1.82) is 0 Å². The molecule has 0 unspecified atom stereocenters. The average Bonchev–Trinajstić information content (AvgIpc) is 3.14. The van der Waals surface area contributed by atoms with E-state index in [1.807, 2.05) is 11.5 Å². The number of nitrogens with one attached hydrogen (secondary N) is 1. The number of thioether (sulfide) groups is 1. The van der Waals surface area contributed by atoms with Crippen LogP contribution in [0.2, 0.25) is 0 Å². The predicted octanol–water partition coefficient (Wildman–Crippen LogP) is 4.84. The van der Waals surface area contributed by atoms with E-state index in [0.29, 0.717) is 35.8 Å². The summed E-state index contributed by atoms with van der Waals surface area (Å²) < 4.78 is 68.3. The van der Waals surface area contributed by atoms with E-state index < -0.39 is 27.7 Å². The van der Waals surface area contributed by atoms with Crippen molar-refractivity contribution in [2.45, 2.75) is 43.5 Å². The molecule has 0 atom stereocenters. The van der Waals surface area contributed by atoms with E-state index in [0.717, 1.165) is 17.8 Å². The standard InChI is InChI=1S/C22H25F3N4O3S2/c1-4-28(5-2)34(31,32)15-11-12-19-18(13-15)27-21(29(19)6-3)33-14-20(30)26-17-10-8-7-9-16(17)22(23,24)25/h7-13H,4-6,14H2,1-3H3,(H,26,30). The zero-order valence-corrected chi connectivity index (χ0v) is 20.5. The van der Waals surface area contributed by atoms with Crippen molar-refractivity contribution in [2.75, 3.05) is 24.2 Å². The molecule has 0 aliphatic heterocycles. The number of hydrogen-bond acceptors (Lipinski definition) is 5. The number of para-hydroxylation sites is 1. The van der Waals surface area contributed by atoms with Gasteiger partial charge in [-0.2, -0.15) is 17.5 Å². The molecule has 1 N–H and O–H groups in total. The number of aromatic nitrogens is 2. The summed E-state index contributed by atoms with van der Waals surface area (Å²) in [5, 5.41) is 2.78. The second-order valence-corrected chi connectivity index (χ2v) is 10.1. The van der Waals surface area contributed by atoms with Crippen molar-refractivity contribution in [3.05, 3.63) is 48.0 Å². The number of hydrogen-bond donors (Lipinski definition) is 1. The predicted molar refractivity (Wildman–Crippen MR) is 126 cm³/mol. The lowest BCUT2D eigenvalue weighted by molar-refractivity contribution is -0.137. The molecule has 0 bridgehead atoms. The molecular formula is C22H25F3N4O3S2. The van der Waals surface area contributed by atoms with Crippen LogP contribution in [0, 0.1) is 0 Å². The molecule has 0 saturated heterocycles. The maximum Gasteiger partial charge on any atom is 0.418 e. The first-order valence-corrected chi connectivity index (χ1v) is 13.0. The molecule has 3 rings (SSSR count). The number of carbonyl (C=O) groups excluding carboxylic acids is 1. The average molecular weight is 515 g/mol. The molecule has 12 heteroatoms. The van der Waals surface area contributed by atoms with Gasteiger partial charge >= 0.3 is 6.18 Å². The van der Waals surface area contributed by atoms with E-state index >= 15 is 0 Å². The summed E-state index contributed by atoms with van der Waals surface area (Å²) in [5.41, 5.74) is -0.0707. The molecule has 2 aromatic carbocycles. The Bertz CT molecular complexity index is 1290. The minimum Gasteiger partial charge on any atom is -0.325 e. The smallest absolute Gasteiger partial charge is 0.325 e. The molecule has 0 aliphatic carbocycles. The number of benzene rings is 2. The summed E-state index contributed by atoms with van der Waals surface area (Å²) in [4.78, 5) is 17.0. The second kappa shape index (κ2) is 10.4. The summed E-state index contributed by atoms with van der Waals surface area (Å²) in [6.45, 7) is 6.60. The quantitative estimate of drug-likeness (QED) is 0.413. The van der Waals surface area contributed by atoms with Crippen LogP contribution in [0.15, 0.2) is 52.5 Å². The normalized spacial score (nSPS) is 12.4. The molecule has 0 saturated carbocycles. The molecular weight excluding hydrogens is 489 g/mol. The van der Waals surface area contributed by atoms with E-state index in [2.05, 4.69) is 10.3 Å². The lowest BCUT2D eigenvalue weighted by Crippen LogP contribution is -2.30. The van der Waals surface area contributed by atoms with Crippen LogP contribution in [0.25, 0.3) is 11.0 Å². The van der Waals surface area contributed by atoms with Crippen LogP contribution in [0.1, 0.15) is 26.3 Å². The van der Waals surface area contributed by atoms with Crippen LogP contribution in [0.3, 0.4) is 0 Å². The van der Waals surface area contributed by atoms with Crippen LogP contribution in [0.4, 0.5) is 18.9 Å². The highest BCUT2D eigenvalue weighted by Gasteiger charge is 2.33. The summed E-state index contributed by atoms with van der Waals surface area (Å²) >= 11 is 1.07. The van der Waals surface area contributed by atoms with Gasteiger partial charge in [0.2, 0.25) is 15.9 Å². The van der Waals surface area contributed by atoms with Crippen molar-refractivity contribution >= 4 is 44.4 Å². The highest BCUT2D eigenvalue weighted by molar-refractivity contribution is 7.99. The minimum absolute atomic E-state index is 0.127. The number of fused-ring (bicyclic) bond motifs is 1. The summed E-state index contributed by atoms with van der Waals surface area (Å²) in [7, 11) is -3.66. The van der Waals surface area contributed by atoms with Gasteiger partial charge in [0.15, 0.2) is 5.16 Å². The lowest BCUT2D eigenvalue weighted by Gasteiger charge is -2.18. The minimum atomic E-state index is -4.59. The first-order valence-electron chi connectivity index (χ1n) is 10.6. The van der Waals surface area contributed by atoms with E-state index in [9.17, 15) is 26.4 Å². The van der Waals surface area contributed by atoms with Crippen LogP contribution in [-0.4, -0.2) is 47.0 Å². The van der Waals surface area contributed by atoms with E-state index in [4.69, 9.17) is 0 Å². The van der Waals surface area contributed by atoms with Crippen LogP contribution >= 0.6 is 11.8 Å². The molecule has 184 valence electrons. The van der Waals surface area contributed by atoms with Gasteiger partial charge in [-0.25, -0.2) is 13.4 Å². The van der Waals surface area contributed by atoms with Gasteiger partial charge in [0.1, 0.15) is 0 Å². The SMILES string of the molecule is CCN(CC)S(=O)(=O)c1ccc2c(c1)nc(SCC(=O)Nc1ccccc1C(F)(F)F)n2CC. The molecule has 3 aromatic rings. The van der Waals surface area contributed by atoms with Gasteiger partial charge in [-0.05, 0) is 37.3 Å². The van der Waals surface area contributed by atoms with Crippen molar-refractivity contribution in [3.8, 4) is 0 Å². The second-order valence-electron chi connectivity index (χ2n) is 7.26. The molecule has 1 aromatic heterocycles. The number of rotatable bonds is 9. The first-order chi connectivity index (χ1) is 16.0. The number of amides is 1. The Morgan fingerprint density at radius 1 is 1.12 bits per heavy atom. The van der Waals surface area contributed by atoms with E-state index in [-0.39, 0.29) is 16.3 Å². The molecule has 0 spiro atoms. The third-order valence-electron chi connectivity index (χ3n) is 5.18. The van der Waals surface area contributed by atoms with Gasteiger partial charge in [0.05, 0.1) is 32.9 Å². The zero-order chi connectivity index (χ0) is 25.1. The molecule has 0 radical (unpaired) electrons. The topological polar surface area (TPSA) is 84.3 Å². The van der Waals surface area contributed by atoms with Crippen LogP contribution in [0.5, 0.6) is 0 Å². The third kappa shape index (κ3) is 5.39. The molecule has 0 fully saturated rings. The van der Waals surface area contributed by atoms with Crippen molar-refractivity contribution in [3.63, 3.8) is 0 Å². The van der Waals surface area contributed by atoms with Gasteiger partial charge in [0, 0.05) is 19.6 Å². The highest BCUT2D eigenvalue weighted by atomic mass is 32.2. The number of carbonyl (C=O) groups is 1. The van der Waals surface area contributed by atoms with E-state index in [1.165, 1.54) is 34.6 Å². The molecule has 34 heavy (non-hydrogen) atoms. The Balaban J connectivity index is 1.82. The number of nitrogens with zero attached hydrogens (tertiary/aromatic N) is 3. The zero-order valence-electron chi connectivity index (χ0n) is 18.9. The molecule has 1 amide bonds. The van der Waals surface area contributed by atoms with Gasteiger partial charge in [0.25, 0.3) is 0 Å². The maximum absolute atomic E-state index is 13.2. The largest absolute Gasteiger partial charge is 0.418 e. The fourth-order valence-corrected chi connectivity index (χ4v) is 5.89. The number of sulfonamides is 1. The number of halogens is 3. The fourth-order valence-electron chi connectivity index (χ4n) is 3.53. The van der Waals surface area contributed by atoms with Gasteiger partial charge in [-0.3, -0.25) is 4.79 Å².